The van der Waals surface area contributed by atoms with Crippen molar-refractivity contribution in [2.24, 2.45) is 5.41 Å². The third-order valence-corrected chi connectivity index (χ3v) is 4.29. The van der Waals surface area contributed by atoms with Crippen molar-refractivity contribution in [1.29, 1.82) is 0 Å². The number of carboxylic acids is 1. The topological polar surface area (TPSA) is 40.5 Å². The predicted molar refractivity (Wildman–Crippen MR) is 77.7 cm³/mol. The average Bonchev–Trinajstić information content (AvgIpc) is 2.38. The van der Waals surface area contributed by atoms with Crippen LogP contribution in [0.3, 0.4) is 0 Å². The zero-order chi connectivity index (χ0) is 14.0. The molecule has 1 N–H and O–H groups in total. The highest BCUT2D eigenvalue weighted by molar-refractivity contribution is 5.75. The fourth-order valence-electron chi connectivity index (χ4n) is 2.72. The third-order valence-electron chi connectivity index (χ3n) is 4.29. The van der Waals surface area contributed by atoms with Crippen LogP contribution in [0, 0.1) is 12.3 Å². The van der Waals surface area contributed by atoms with Crippen LogP contribution in [0.4, 0.5) is 5.69 Å². The van der Waals surface area contributed by atoms with E-state index in [1.165, 1.54) is 16.8 Å². The van der Waals surface area contributed by atoms with Crippen LogP contribution in [0.1, 0.15) is 37.8 Å². The number of hydrogen-bond donors (Lipinski definition) is 1. The van der Waals surface area contributed by atoms with Crippen molar-refractivity contribution in [3.05, 3.63) is 29.3 Å². The Labute approximate surface area is 115 Å². The molecule has 0 spiro atoms. The van der Waals surface area contributed by atoms with E-state index in [4.69, 9.17) is 0 Å². The van der Waals surface area contributed by atoms with Gasteiger partial charge in [-0.2, -0.15) is 0 Å². The largest absolute Gasteiger partial charge is 0.481 e. The number of aryl methyl sites for hydroxylation is 2. The number of nitrogens with zero attached hydrogens (tertiary/aromatic N) is 1. The maximum atomic E-state index is 11.5. The number of carboxylic acid groups (broad SMARTS) is 1. The molecule has 0 aromatic heterocycles. The minimum absolute atomic E-state index is 0.592. The zero-order valence-electron chi connectivity index (χ0n) is 12.1. The van der Waals surface area contributed by atoms with Gasteiger partial charge in [0.25, 0.3) is 0 Å². The second kappa shape index (κ2) is 5.24. The Bertz CT molecular complexity index is 484. The molecule has 0 saturated heterocycles. The molecule has 1 aliphatic rings. The number of fused-ring (bicyclic) bond motifs is 1. The molecule has 2 rings (SSSR count). The summed E-state index contributed by atoms with van der Waals surface area (Å²) in [7, 11) is 0. The van der Waals surface area contributed by atoms with Gasteiger partial charge >= 0.3 is 5.97 Å². The Morgan fingerprint density at radius 3 is 2.84 bits per heavy atom. The van der Waals surface area contributed by atoms with Crippen LogP contribution in [-0.4, -0.2) is 24.2 Å². The summed E-state index contributed by atoms with van der Waals surface area (Å²) in [6.45, 7) is 7.45. The Morgan fingerprint density at radius 2 is 2.21 bits per heavy atom. The summed E-state index contributed by atoms with van der Waals surface area (Å²) in [5.74, 6) is -0.700. The van der Waals surface area contributed by atoms with E-state index in [-0.39, 0.29) is 0 Å². The van der Waals surface area contributed by atoms with Crippen LogP contribution in [-0.2, 0) is 11.2 Å². The summed E-state index contributed by atoms with van der Waals surface area (Å²) in [5.41, 5.74) is 3.18. The predicted octanol–water partition coefficient (Wildman–Crippen LogP) is 3.25. The summed E-state index contributed by atoms with van der Waals surface area (Å²) >= 11 is 0. The Balaban J connectivity index is 2.27. The number of rotatable bonds is 4. The van der Waals surface area contributed by atoms with Crippen LogP contribution in [0.5, 0.6) is 0 Å². The first-order valence-electron chi connectivity index (χ1n) is 7.04. The van der Waals surface area contributed by atoms with E-state index < -0.39 is 11.4 Å². The van der Waals surface area contributed by atoms with Gasteiger partial charge in [0.1, 0.15) is 0 Å². The molecule has 3 heteroatoms. The quantitative estimate of drug-likeness (QED) is 0.904. The maximum Gasteiger partial charge on any atom is 0.311 e. The molecule has 1 aromatic rings. The molecule has 0 fully saturated rings. The highest BCUT2D eigenvalue weighted by atomic mass is 16.4. The van der Waals surface area contributed by atoms with Crippen molar-refractivity contribution >= 4 is 11.7 Å². The molecule has 1 heterocycles. The van der Waals surface area contributed by atoms with E-state index in [1.807, 2.05) is 13.8 Å². The molecular weight excluding hydrogens is 238 g/mol. The lowest BCUT2D eigenvalue weighted by molar-refractivity contribution is -0.147. The summed E-state index contributed by atoms with van der Waals surface area (Å²) in [5, 5.41) is 9.43. The van der Waals surface area contributed by atoms with E-state index in [0.717, 1.165) is 19.4 Å². The third kappa shape index (κ3) is 2.75. The zero-order valence-corrected chi connectivity index (χ0v) is 12.1. The molecule has 1 unspecified atom stereocenters. The van der Waals surface area contributed by atoms with Crippen molar-refractivity contribution in [1.82, 2.24) is 0 Å². The van der Waals surface area contributed by atoms with Crippen molar-refractivity contribution in [3.63, 3.8) is 0 Å². The minimum Gasteiger partial charge on any atom is -0.481 e. The molecule has 19 heavy (non-hydrogen) atoms. The fourth-order valence-corrected chi connectivity index (χ4v) is 2.72. The Hall–Kier alpha value is -1.51. The van der Waals surface area contributed by atoms with Crippen molar-refractivity contribution in [2.75, 3.05) is 18.0 Å². The Morgan fingerprint density at radius 1 is 1.47 bits per heavy atom. The SMILES string of the molecule is CCC(C)(CN1CCCc2cc(C)ccc21)C(=O)O. The first kappa shape index (κ1) is 13.9. The van der Waals surface area contributed by atoms with Gasteiger partial charge in [-0.3, -0.25) is 4.79 Å². The lowest BCUT2D eigenvalue weighted by Crippen LogP contribution is -2.43. The molecule has 0 bridgehead atoms. The van der Waals surface area contributed by atoms with E-state index in [9.17, 15) is 9.90 Å². The molecule has 3 nitrogen and oxygen atoms in total. The van der Waals surface area contributed by atoms with E-state index in [2.05, 4.69) is 30.0 Å². The van der Waals surface area contributed by atoms with Gasteiger partial charge in [0.2, 0.25) is 0 Å². The summed E-state index contributed by atoms with van der Waals surface area (Å²) in [6.07, 6.45) is 2.86. The first-order valence-corrected chi connectivity index (χ1v) is 7.04. The number of carbonyl (C=O) groups is 1. The number of benzene rings is 1. The maximum absolute atomic E-state index is 11.5. The number of anilines is 1. The van der Waals surface area contributed by atoms with Crippen molar-refractivity contribution in [2.45, 2.75) is 40.0 Å². The first-order chi connectivity index (χ1) is 8.96. The van der Waals surface area contributed by atoms with Crippen molar-refractivity contribution < 1.29 is 9.90 Å². The standard InChI is InChI=1S/C16H23NO2/c1-4-16(3,15(18)19)11-17-9-5-6-13-10-12(2)7-8-14(13)17/h7-8,10H,4-6,9,11H2,1-3H3,(H,18,19). The molecule has 1 aliphatic heterocycles. The smallest absolute Gasteiger partial charge is 0.311 e. The van der Waals surface area contributed by atoms with Gasteiger partial charge in [-0.05, 0) is 44.7 Å². The van der Waals surface area contributed by atoms with Gasteiger partial charge in [-0.15, -0.1) is 0 Å². The summed E-state index contributed by atoms with van der Waals surface area (Å²) < 4.78 is 0. The molecule has 0 aliphatic carbocycles. The van der Waals surface area contributed by atoms with Crippen LogP contribution in [0.15, 0.2) is 18.2 Å². The average molecular weight is 261 g/mol. The normalized spacial score (nSPS) is 17.7. The summed E-state index contributed by atoms with van der Waals surface area (Å²) in [6, 6.07) is 6.48. The molecule has 0 amide bonds. The van der Waals surface area contributed by atoms with Crippen LogP contribution >= 0.6 is 0 Å². The molecule has 0 saturated carbocycles. The number of hydrogen-bond acceptors (Lipinski definition) is 2. The van der Waals surface area contributed by atoms with Crippen LogP contribution in [0.25, 0.3) is 0 Å². The fraction of sp³-hybridized carbons (Fsp3) is 0.562. The van der Waals surface area contributed by atoms with Gasteiger partial charge < -0.3 is 10.0 Å². The molecule has 1 atom stereocenters. The van der Waals surface area contributed by atoms with E-state index >= 15 is 0 Å². The lowest BCUT2D eigenvalue weighted by atomic mass is 9.86. The van der Waals surface area contributed by atoms with Gasteiger partial charge in [-0.1, -0.05) is 24.6 Å². The van der Waals surface area contributed by atoms with Crippen LogP contribution < -0.4 is 4.90 Å². The van der Waals surface area contributed by atoms with E-state index in [1.54, 1.807) is 0 Å². The van der Waals surface area contributed by atoms with Gasteiger partial charge in [0.05, 0.1) is 5.41 Å². The molecular formula is C16H23NO2. The van der Waals surface area contributed by atoms with Crippen LogP contribution in [0.2, 0.25) is 0 Å². The lowest BCUT2D eigenvalue weighted by Gasteiger charge is -2.37. The Kier molecular flexibility index (Phi) is 3.83. The highest BCUT2D eigenvalue weighted by Gasteiger charge is 2.34. The van der Waals surface area contributed by atoms with E-state index in [0.29, 0.717) is 13.0 Å². The summed E-state index contributed by atoms with van der Waals surface area (Å²) in [4.78, 5) is 13.7. The van der Waals surface area contributed by atoms with Gasteiger partial charge in [0.15, 0.2) is 0 Å². The van der Waals surface area contributed by atoms with Gasteiger partial charge in [-0.25, -0.2) is 0 Å². The second-order valence-electron chi connectivity index (χ2n) is 5.88. The minimum atomic E-state index is -0.700. The monoisotopic (exact) mass is 261 g/mol. The number of aliphatic carboxylic acids is 1. The highest BCUT2D eigenvalue weighted by Crippen LogP contribution is 2.32. The molecule has 1 aromatic carbocycles. The molecule has 0 radical (unpaired) electrons. The molecule has 104 valence electrons. The van der Waals surface area contributed by atoms with Gasteiger partial charge in [0, 0.05) is 18.8 Å². The van der Waals surface area contributed by atoms with Crippen molar-refractivity contribution in [3.8, 4) is 0 Å². The second-order valence-corrected chi connectivity index (χ2v) is 5.88.